The van der Waals surface area contributed by atoms with Gasteiger partial charge in [0.2, 0.25) is 5.89 Å². The van der Waals surface area contributed by atoms with Gasteiger partial charge in [-0.3, -0.25) is 4.79 Å². The number of hydrogen-bond acceptors (Lipinski definition) is 7. The molecule has 38 heavy (non-hydrogen) atoms. The van der Waals surface area contributed by atoms with Gasteiger partial charge in [0, 0.05) is 43.4 Å². The maximum Gasteiger partial charge on any atom is 0.269 e. The van der Waals surface area contributed by atoms with Crippen LogP contribution >= 0.6 is 0 Å². The number of benzene rings is 2. The van der Waals surface area contributed by atoms with Crippen molar-refractivity contribution in [3.63, 3.8) is 0 Å². The molecule has 1 atom stereocenters. The summed E-state index contributed by atoms with van der Waals surface area (Å²) in [5.74, 6) is -0.123. The van der Waals surface area contributed by atoms with Crippen LogP contribution in [-0.4, -0.2) is 51.9 Å². The number of hydrogen-bond donors (Lipinski definition) is 1. The van der Waals surface area contributed by atoms with Crippen molar-refractivity contribution in [2.45, 2.75) is 23.8 Å². The highest BCUT2D eigenvalue weighted by Crippen LogP contribution is 2.36. The summed E-state index contributed by atoms with van der Waals surface area (Å²) in [4.78, 5) is 23.2. The number of nitrogens with zero attached hydrogens (tertiary/aromatic N) is 4. The van der Waals surface area contributed by atoms with Gasteiger partial charge >= 0.3 is 0 Å². The summed E-state index contributed by atoms with van der Waals surface area (Å²) >= 11 is 0. The Hall–Kier alpha value is -4.28. The van der Waals surface area contributed by atoms with Crippen molar-refractivity contribution >= 4 is 27.0 Å². The lowest BCUT2D eigenvalue weighted by Gasteiger charge is -2.21. The van der Waals surface area contributed by atoms with Crippen LogP contribution in [0.2, 0.25) is 0 Å². The number of aromatic nitrogens is 3. The number of oxazole rings is 1. The topological polar surface area (TPSA) is 119 Å². The van der Waals surface area contributed by atoms with Crippen molar-refractivity contribution in [1.82, 2.24) is 18.8 Å². The van der Waals surface area contributed by atoms with Crippen molar-refractivity contribution in [3.8, 4) is 22.7 Å². The molecule has 4 heterocycles. The Morgan fingerprint density at radius 1 is 1.08 bits per heavy atom. The Balaban J connectivity index is 1.42. The van der Waals surface area contributed by atoms with E-state index >= 15 is 0 Å². The predicted molar refractivity (Wildman–Crippen MR) is 141 cm³/mol. The van der Waals surface area contributed by atoms with Crippen LogP contribution in [0.15, 0.2) is 88.6 Å². The number of carbonyl (C=O) groups excluding carboxylic acids is 1. The largest absolute Gasteiger partial charge is 0.444 e. The fraction of sp³-hybridized carbons (Fsp3) is 0.179. The van der Waals surface area contributed by atoms with Crippen LogP contribution in [0.1, 0.15) is 17.5 Å². The van der Waals surface area contributed by atoms with Gasteiger partial charge in [-0.05, 0) is 42.8 Å². The summed E-state index contributed by atoms with van der Waals surface area (Å²) < 4.78 is 33.9. The highest BCUT2D eigenvalue weighted by atomic mass is 32.2. The molecule has 192 valence electrons. The third-order valence-corrected chi connectivity index (χ3v) is 8.65. The monoisotopic (exact) mass is 528 g/mol. The lowest BCUT2D eigenvalue weighted by molar-refractivity contribution is -0.143. The molecule has 1 fully saturated rings. The number of aryl methyl sites for hydroxylation is 1. The van der Waals surface area contributed by atoms with E-state index in [4.69, 9.17) is 4.42 Å². The zero-order chi connectivity index (χ0) is 26.7. The number of carbonyl (C=O) groups is 1. The third kappa shape index (κ3) is 3.72. The second-order valence-electron chi connectivity index (χ2n) is 9.49. The first-order valence-electron chi connectivity index (χ1n) is 12.0. The smallest absolute Gasteiger partial charge is 0.269 e. The van der Waals surface area contributed by atoms with E-state index in [0.29, 0.717) is 40.7 Å². The molecule has 5 aromatic rings. The van der Waals surface area contributed by atoms with E-state index in [-0.39, 0.29) is 22.3 Å². The predicted octanol–water partition coefficient (Wildman–Crippen LogP) is 3.95. The molecule has 1 saturated heterocycles. The molecule has 2 aromatic carbocycles. The quantitative estimate of drug-likeness (QED) is 0.367. The second kappa shape index (κ2) is 8.64. The van der Waals surface area contributed by atoms with Crippen molar-refractivity contribution in [3.05, 3.63) is 90.4 Å². The van der Waals surface area contributed by atoms with Crippen molar-refractivity contribution in [2.75, 3.05) is 13.6 Å². The van der Waals surface area contributed by atoms with Crippen molar-refractivity contribution < 1.29 is 22.7 Å². The van der Waals surface area contributed by atoms with E-state index in [1.807, 2.05) is 13.0 Å². The van der Waals surface area contributed by atoms with Crippen LogP contribution in [0, 0.1) is 6.92 Å². The van der Waals surface area contributed by atoms with Crippen molar-refractivity contribution in [1.29, 1.82) is 0 Å². The highest BCUT2D eigenvalue weighted by Gasteiger charge is 2.45. The Kier molecular flexibility index (Phi) is 5.48. The van der Waals surface area contributed by atoms with Gasteiger partial charge in [0.1, 0.15) is 12.0 Å². The van der Waals surface area contributed by atoms with Crippen molar-refractivity contribution in [2.24, 2.45) is 0 Å². The molecule has 0 spiro atoms. The summed E-state index contributed by atoms with van der Waals surface area (Å²) in [5, 5.41) is 11.6. The van der Waals surface area contributed by atoms with Crippen LogP contribution in [-0.2, 0) is 20.4 Å². The molecule has 10 heteroatoms. The maximum absolute atomic E-state index is 13.5. The number of fused-ring (bicyclic) bond motifs is 1. The lowest BCUT2D eigenvalue weighted by Crippen LogP contribution is -2.36. The van der Waals surface area contributed by atoms with E-state index in [9.17, 15) is 18.3 Å². The first-order chi connectivity index (χ1) is 18.2. The molecular weight excluding hydrogens is 504 g/mol. The summed E-state index contributed by atoms with van der Waals surface area (Å²) in [6.07, 6.45) is 4.77. The summed E-state index contributed by atoms with van der Waals surface area (Å²) in [6, 6.07) is 17.1. The van der Waals surface area contributed by atoms with Crippen LogP contribution in [0.25, 0.3) is 33.7 Å². The molecular formula is C28H24N4O5S. The summed E-state index contributed by atoms with van der Waals surface area (Å²) in [7, 11) is -2.26. The molecule has 6 rings (SSSR count). The average molecular weight is 529 g/mol. The van der Waals surface area contributed by atoms with E-state index in [1.165, 1.54) is 23.6 Å². The molecule has 3 aromatic heterocycles. The van der Waals surface area contributed by atoms with Gasteiger partial charge in [0.05, 0.1) is 10.5 Å². The Morgan fingerprint density at radius 2 is 1.87 bits per heavy atom. The minimum absolute atomic E-state index is 0.146. The summed E-state index contributed by atoms with van der Waals surface area (Å²) in [6.45, 7) is 2.36. The van der Waals surface area contributed by atoms with Gasteiger partial charge in [-0.15, -0.1) is 0 Å². The zero-order valence-corrected chi connectivity index (χ0v) is 21.5. The number of rotatable bonds is 5. The third-order valence-electron chi connectivity index (χ3n) is 6.99. The first-order valence-corrected chi connectivity index (χ1v) is 13.5. The maximum atomic E-state index is 13.5. The number of likely N-dealkylation sites (tertiary alicyclic amines) is 1. The Bertz CT molecular complexity index is 1810. The molecule has 9 nitrogen and oxygen atoms in total. The van der Waals surface area contributed by atoms with Gasteiger partial charge in [-0.2, -0.15) is 0 Å². The fourth-order valence-corrected chi connectivity index (χ4v) is 6.12. The normalized spacial score (nSPS) is 18.0. The standard InChI is InChI=1S/C28H24N4O5S/c1-18-8-10-21(11-9-18)38(35,36)32-16-23(22-7-4-13-29-25(22)32)26-30-24(17-37-26)19-5-3-6-20(15-19)28(34)12-14-31(2)27(28)33/h3-11,13,15-17,34H,12,14H2,1-2H3. The lowest BCUT2D eigenvalue weighted by atomic mass is 9.90. The minimum atomic E-state index is -3.93. The van der Waals surface area contributed by atoms with Crippen LogP contribution in [0.3, 0.4) is 0 Å². The molecule has 0 bridgehead atoms. The number of pyridine rings is 1. The van der Waals surface area contributed by atoms with Crippen LogP contribution in [0.4, 0.5) is 0 Å². The number of likely N-dealkylation sites (N-methyl/N-ethyl adjacent to an activating group) is 1. The fourth-order valence-electron chi connectivity index (χ4n) is 4.80. The van der Waals surface area contributed by atoms with E-state index in [0.717, 1.165) is 9.54 Å². The first kappa shape index (κ1) is 24.1. The molecule has 1 aliphatic rings. The zero-order valence-electron chi connectivity index (χ0n) is 20.7. The molecule has 0 aliphatic carbocycles. The average Bonchev–Trinajstić information content (AvgIpc) is 3.63. The second-order valence-corrected chi connectivity index (χ2v) is 11.3. The molecule has 1 unspecified atom stereocenters. The Labute approximate surface area is 219 Å². The molecule has 1 aliphatic heterocycles. The van der Waals surface area contributed by atoms with Crippen LogP contribution < -0.4 is 0 Å². The Morgan fingerprint density at radius 3 is 2.61 bits per heavy atom. The van der Waals surface area contributed by atoms with Gasteiger partial charge in [-0.1, -0.05) is 35.9 Å². The van der Waals surface area contributed by atoms with Gasteiger partial charge in [-0.25, -0.2) is 22.4 Å². The molecule has 1 N–H and O–H groups in total. The van der Waals surface area contributed by atoms with E-state index < -0.39 is 15.6 Å². The van der Waals surface area contributed by atoms with Gasteiger partial charge in [0.15, 0.2) is 11.2 Å². The van der Waals surface area contributed by atoms with E-state index in [1.54, 1.807) is 61.6 Å². The van der Waals surface area contributed by atoms with Gasteiger partial charge < -0.3 is 14.4 Å². The number of aliphatic hydroxyl groups is 1. The van der Waals surface area contributed by atoms with Gasteiger partial charge in [0.25, 0.3) is 15.9 Å². The summed E-state index contributed by atoms with van der Waals surface area (Å²) in [5.41, 5.74) is 1.72. The molecule has 0 radical (unpaired) electrons. The SMILES string of the molecule is Cc1ccc(S(=O)(=O)n2cc(-c3nc(-c4cccc(C5(O)CCN(C)C5=O)c4)co3)c3cccnc32)cc1. The molecule has 0 saturated carbocycles. The van der Waals surface area contributed by atoms with Crippen LogP contribution in [0.5, 0.6) is 0 Å². The highest BCUT2D eigenvalue weighted by molar-refractivity contribution is 7.90. The van der Waals surface area contributed by atoms with E-state index in [2.05, 4.69) is 9.97 Å². The molecule has 1 amide bonds. The minimum Gasteiger partial charge on any atom is -0.444 e. The number of amides is 1.